The third-order valence-corrected chi connectivity index (χ3v) is 3.44. The summed E-state index contributed by atoms with van der Waals surface area (Å²) in [5.74, 6) is -0.981. The first-order chi connectivity index (χ1) is 9.51. The largest absolute Gasteiger partial charge is 0.478 e. The van der Waals surface area contributed by atoms with Crippen LogP contribution in [-0.4, -0.2) is 11.1 Å². The molecule has 0 heterocycles. The summed E-state index contributed by atoms with van der Waals surface area (Å²) in [7, 11) is 0. The Morgan fingerprint density at radius 1 is 1.25 bits per heavy atom. The number of carbonyl (C=O) groups is 1. The quantitative estimate of drug-likeness (QED) is 0.889. The Morgan fingerprint density at radius 3 is 2.55 bits per heavy atom. The van der Waals surface area contributed by atoms with Crippen LogP contribution in [0.25, 0.3) is 0 Å². The summed E-state index contributed by atoms with van der Waals surface area (Å²) < 4.78 is 0.627. The van der Waals surface area contributed by atoms with E-state index in [0.29, 0.717) is 21.4 Å². The molecule has 4 nitrogen and oxygen atoms in total. The van der Waals surface area contributed by atoms with Crippen LogP contribution in [0.1, 0.15) is 21.5 Å². The van der Waals surface area contributed by atoms with Gasteiger partial charge in [0.25, 0.3) is 0 Å². The van der Waals surface area contributed by atoms with Gasteiger partial charge in [-0.1, -0.05) is 6.07 Å². The molecule has 100 valence electrons. The van der Waals surface area contributed by atoms with Crippen molar-refractivity contribution in [3.05, 3.63) is 57.6 Å². The minimum absolute atomic E-state index is 0.201. The van der Waals surface area contributed by atoms with Crippen molar-refractivity contribution in [3.8, 4) is 6.07 Å². The van der Waals surface area contributed by atoms with Crippen molar-refractivity contribution in [2.45, 2.75) is 6.92 Å². The maximum atomic E-state index is 10.9. The van der Waals surface area contributed by atoms with Crippen molar-refractivity contribution in [2.75, 3.05) is 5.32 Å². The summed E-state index contributed by atoms with van der Waals surface area (Å²) in [6.07, 6.45) is 0. The summed E-state index contributed by atoms with van der Waals surface area (Å²) in [5, 5.41) is 21.2. The maximum Gasteiger partial charge on any atom is 0.335 e. The fourth-order valence-electron chi connectivity index (χ4n) is 1.75. The molecule has 20 heavy (non-hydrogen) atoms. The molecule has 5 heteroatoms. The molecule has 0 aliphatic heterocycles. The van der Waals surface area contributed by atoms with Crippen molar-refractivity contribution >= 4 is 33.3 Å². The van der Waals surface area contributed by atoms with E-state index in [1.54, 1.807) is 12.1 Å². The van der Waals surface area contributed by atoms with E-state index < -0.39 is 5.97 Å². The fourth-order valence-corrected chi connectivity index (χ4v) is 2.23. The van der Waals surface area contributed by atoms with Crippen LogP contribution in [0, 0.1) is 18.3 Å². The number of halogens is 1. The van der Waals surface area contributed by atoms with Crippen molar-refractivity contribution < 1.29 is 9.90 Å². The molecule has 0 fully saturated rings. The van der Waals surface area contributed by atoms with Crippen LogP contribution < -0.4 is 5.32 Å². The molecule has 2 N–H and O–H groups in total. The number of nitriles is 1. The normalized spacial score (nSPS) is 9.85. The van der Waals surface area contributed by atoms with E-state index in [-0.39, 0.29) is 5.56 Å². The highest BCUT2D eigenvalue weighted by molar-refractivity contribution is 9.10. The van der Waals surface area contributed by atoms with E-state index in [0.717, 1.165) is 5.56 Å². The summed E-state index contributed by atoms with van der Waals surface area (Å²) in [5.41, 5.74) is 3.13. The molecule has 2 rings (SSSR count). The zero-order valence-corrected chi connectivity index (χ0v) is 12.2. The van der Waals surface area contributed by atoms with Gasteiger partial charge in [0.2, 0.25) is 0 Å². The number of aromatic carboxylic acids is 1. The Bertz CT molecular complexity index is 720. The Morgan fingerprint density at radius 2 is 1.95 bits per heavy atom. The average Bonchev–Trinajstić information content (AvgIpc) is 2.42. The van der Waals surface area contributed by atoms with Crippen LogP contribution in [0.5, 0.6) is 0 Å². The topological polar surface area (TPSA) is 73.1 Å². The molecular formula is C15H11BrN2O2. The van der Waals surface area contributed by atoms with Gasteiger partial charge in [-0.05, 0) is 58.7 Å². The number of hydrogen-bond acceptors (Lipinski definition) is 3. The third kappa shape index (κ3) is 2.98. The van der Waals surface area contributed by atoms with E-state index in [1.807, 2.05) is 19.1 Å². The van der Waals surface area contributed by atoms with E-state index in [1.165, 1.54) is 12.1 Å². The standard InChI is InChI=1S/C15H11BrN2O2/c1-9-2-4-13(11(6-9)8-17)18-14-5-3-10(15(19)20)7-12(14)16/h2-7,18H,1H3,(H,19,20). The predicted octanol–water partition coefficient (Wildman–Crippen LogP) is 4.07. The second-order valence-corrected chi connectivity index (χ2v) is 5.14. The lowest BCUT2D eigenvalue weighted by Gasteiger charge is -2.11. The summed E-state index contributed by atoms with van der Waals surface area (Å²) >= 11 is 3.33. The molecule has 0 saturated heterocycles. The number of carboxylic acids is 1. The van der Waals surface area contributed by atoms with Crippen LogP contribution in [0.2, 0.25) is 0 Å². The number of carboxylic acid groups (broad SMARTS) is 1. The zero-order chi connectivity index (χ0) is 14.7. The molecule has 2 aromatic carbocycles. The van der Waals surface area contributed by atoms with Crippen LogP contribution >= 0.6 is 15.9 Å². The smallest absolute Gasteiger partial charge is 0.335 e. The van der Waals surface area contributed by atoms with Crippen molar-refractivity contribution in [3.63, 3.8) is 0 Å². The number of nitrogens with zero attached hydrogens (tertiary/aromatic N) is 1. The SMILES string of the molecule is Cc1ccc(Nc2ccc(C(=O)O)cc2Br)c(C#N)c1. The number of anilines is 2. The second kappa shape index (κ2) is 5.76. The van der Waals surface area contributed by atoms with Gasteiger partial charge >= 0.3 is 5.97 Å². The number of aryl methyl sites for hydroxylation is 1. The number of nitrogens with one attached hydrogen (secondary N) is 1. The molecule has 0 unspecified atom stereocenters. The van der Waals surface area contributed by atoms with Crippen LogP contribution in [0.4, 0.5) is 11.4 Å². The van der Waals surface area contributed by atoms with Gasteiger partial charge in [0.15, 0.2) is 0 Å². The molecule has 0 spiro atoms. The molecule has 0 atom stereocenters. The van der Waals surface area contributed by atoms with Gasteiger partial charge in [-0.15, -0.1) is 0 Å². The highest BCUT2D eigenvalue weighted by Crippen LogP contribution is 2.28. The molecule has 0 aromatic heterocycles. The van der Waals surface area contributed by atoms with Crippen molar-refractivity contribution in [1.82, 2.24) is 0 Å². The van der Waals surface area contributed by atoms with Gasteiger partial charge in [-0.3, -0.25) is 0 Å². The number of rotatable bonds is 3. The molecule has 0 bridgehead atoms. The molecule has 0 amide bonds. The fraction of sp³-hybridized carbons (Fsp3) is 0.0667. The predicted molar refractivity (Wildman–Crippen MR) is 80.3 cm³/mol. The zero-order valence-electron chi connectivity index (χ0n) is 10.6. The van der Waals surface area contributed by atoms with Crippen LogP contribution in [0.15, 0.2) is 40.9 Å². The molecule has 0 saturated carbocycles. The van der Waals surface area contributed by atoms with Gasteiger partial charge in [0.05, 0.1) is 22.5 Å². The highest BCUT2D eigenvalue weighted by Gasteiger charge is 2.08. The number of hydrogen-bond donors (Lipinski definition) is 2. The van der Waals surface area contributed by atoms with Gasteiger partial charge in [-0.25, -0.2) is 4.79 Å². The Hall–Kier alpha value is -2.32. The first-order valence-corrected chi connectivity index (χ1v) is 6.61. The average molecular weight is 331 g/mol. The van der Waals surface area contributed by atoms with Gasteiger partial charge in [0.1, 0.15) is 6.07 Å². The van der Waals surface area contributed by atoms with Gasteiger partial charge in [0, 0.05) is 4.47 Å². The van der Waals surface area contributed by atoms with E-state index in [2.05, 4.69) is 27.3 Å². The summed E-state index contributed by atoms with van der Waals surface area (Å²) in [6, 6.07) is 12.3. The Kier molecular flexibility index (Phi) is 4.06. The molecule has 0 aliphatic carbocycles. The lowest BCUT2D eigenvalue weighted by Crippen LogP contribution is -1.99. The summed E-state index contributed by atoms with van der Waals surface area (Å²) in [4.78, 5) is 10.9. The van der Waals surface area contributed by atoms with Gasteiger partial charge < -0.3 is 10.4 Å². The van der Waals surface area contributed by atoms with E-state index in [4.69, 9.17) is 10.4 Å². The first kappa shape index (κ1) is 14.1. The third-order valence-electron chi connectivity index (χ3n) is 2.78. The minimum Gasteiger partial charge on any atom is -0.478 e. The highest BCUT2D eigenvalue weighted by atomic mass is 79.9. The van der Waals surface area contributed by atoms with Gasteiger partial charge in [-0.2, -0.15) is 5.26 Å². The minimum atomic E-state index is -0.981. The van der Waals surface area contributed by atoms with Crippen LogP contribution in [0.3, 0.4) is 0 Å². The second-order valence-electron chi connectivity index (χ2n) is 4.29. The maximum absolute atomic E-state index is 10.9. The Balaban J connectivity index is 2.36. The lowest BCUT2D eigenvalue weighted by atomic mass is 10.1. The molecular weight excluding hydrogens is 320 g/mol. The summed E-state index contributed by atoms with van der Waals surface area (Å²) in [6.45, 7) is 1.92. The van der Waals surface area contributed by atoms with Crippen LogP contribution in [-0.2, 0) is 0 Å². The molecule has 0 radical (unpaired) electrons. The number of benzene rings is 2. The monoisotopic (exact) mass is 330 g/mol. The first-order valence-electron chi connectivity index (χ1n) is 5.82. The van der Waals surface area contributed by atoms with Crippen molar-refractivity contribution in [2.24, 2.45) is 0 Å². The Labute approximate surface area is 124 Å². The van der Waals surface area contributed by atoms with Crippen molar-refractivity contribution in [1.29, 1.82) is 5.26 Å². The van der Waals surface area contributed by atoms with E-state index in [9.17, 15) is 4.79 Å². The lowest BCUT2D eigenvalue weighted by molar-refractivity contribution is 0.0697. The molecule has 0 aliphatic rings. The molecule has 2 aromatic rings. The van der Waals surface area contributed by atoms with E-state index >= 15 is 0 Å².